The second-order valence-electron chi connectivity index (χ2n) is 6.46. The monoisotopic (exact) mass is 480 g/mol. The van der Waals surface area contributed by atoms with Gasteiger partial charge in [-0.15, -0.1) is 11.3 Å². The van der Waals surface area contributed by atoms with E-state index >= 15 is 0 Å². The van der Waals surface area contributed by atoms with Crippen molar-refractivity contribution in [1.82, 2.24) is 14.9 Å². The number of hydrogen-bond acceptors (Lipinski definition) is 6. The minimum absolute atomic E-state index is 0.174. The van der Waals surface area contributed by atoms with Gasteiger partial charge in [-0.25, -0.2) is 9.97 Å². The minimum atomic E-state index is 0.174. The largest absolute Gasteiger partial charge is 0.497 e. The van der Waals surface area contributed by atoms with Crippen LogP contribution in [0.15, 0.2) is 36.0 Å². The summed E-state index contributed by atoms with van der Waals surface area (Å²) < 4.78 is 6.51. The Morgan fingerprint density at radius 1 is 1.23 bits per heavy atom. The van der Waals surface area contributed by atoms with Crippen molar-refractivity contribution in [3.8, 4) is 5.75 Å². The van der Waals surface area contributed by atoms with E-state index in [4.69, 9.17) is 4.74 Å². The number of nitrogens with zero attached hydrogens (tertiary/aromatic N) is 3. The van der Waals surface area contributed by atoms with Crippen LogP contribution < -0.4 is 10.1 Å². The SMILES string of the molecule is COc1ccc(C(CN2CCCC2)Nc2ncnc3scc(I)c23)cc1. The molecule has 1 atom stereocenters. The van der Waals surface area contributed by atoms with Crippen molar-refractivity contribution in [2.24, 2.45) is 0 Å². The maximum atomic E-state index is 5.31. The molecule has 3 aromatic rings. The molecule has 4 rings (SSSR count). The Hall–Kier alpha value is -1.45. The van der Waals surface area contributed by atoms with Gasteiger partial charge < -0.3 is 15.0 Å². The Morgan fingerprint density at radius 3 is 2.73 bits per heavy atom. The number of ether oxygens (including phenoxy) is 1. The van der Waals surface area contributed by atoms with Crippen molar-refractivity contribution < 1.29 is 4.74 Å². The summed E-state index contributed by atoms with van der Waals surface area (Å²) in [4.78, 5) is 12.5. The second-order valence-corrected chi connectivity index (χ2v) is 8.48. The predicted molar refractivity (Wildman–Crippen MR) is 115 cm³/mol. The zero-order valence-electron chi connectivity index (χ0n) is 14.6. The molecule has 1 fully saturated rings. The van der Waals surface area contributed by atoms with Gasteiger partial charge in [-0.3, -0.25) is 0 Å². The fourth-order valence-corrected chi connectivity index (χ4v) is 5.25. The van der Waals surface area contributed by atoms with Crippen LogP contribution in [-0.4, -0.2) is 41.6 Å². The summed E-state index contributed by atoms with van der Waals surface area (Å²) in [5, 5.41) is 6.95. The van der Waals surface area contributed by atoms with Gasteiger partial charge >= 0.3 is 0 Å². The number of rotatable bonds is 6. The highest BCUT2D eigenvalue weighted by molar-refractivity contribution is 14.1. The number of benzene rings is 1. The molecule has 1 aliphatic heterocycles. The third-order valence-electron chi connectivity index (χ3n) is 4.79. The third-order valence-corrected chi connectivity index (χ3v) is 6.95. The van der Waals surface area contributed by atoms with E-state index in [0.717, 1.165) is 28.3 Å². The van der Waals surface area contributed by atoms with Gasteiger partial charge in [0.1, 0.15) is 22.7 Å². The van der Waals surface area contributed by atoms with Crippen LogP contribution in [0.5, 0.6) is 5.75 Å². The number of thiophene rings is 1. The number of nitrogens with one attached hydrogen (secondary N) is 1. The van der Waals surface area contributed by atoms with Crippen LogP contribution >= 0.6 is 33.9 Å². The summed E-state index contributed by atoms with van der Waals surface area (Å²) in [6, 6.07) is 8.51. The maximum absolute atomic E-state index is 5.31. The molecule has 0 spiro atoms. The molecule has 1 aromatic carbocycles. The molecule has 0 aliphatic carbocycles. The number of anilines is 1. The Bertz CT molecular complexity index is 877. The molecule has 1 aliphatic rings. The third kappa shape index (κ3) is 3.79. The van der Waals surface area contributed by atoms with Gasteiger partial charge in [-0.05, 0) is 66.2 Å². The molecule has 1 unspecified atom stereocenters. The molecule has 5 nitrogen and oxygen atoms in total. The van der Waals surface area contributed by atoms with E-state index in [1.807, 2.05) is 12.1 Å². The predicted octanol–water partition coefficient (Wildman–Crippen LogP) is 4.55. The van der Waals surface area contributed by atoms with Crippen LogP contribution in [0.4, 0.5) is 5.82 Å². The van der Waals surface area contributed by atoms with Gasteiger partial charge in [-0.2, -0.15) is 0 Å². The average Bonchev–Trinajstić information content (AvgIpc) is 3.32. The van der Waals surface area contributed by atoms with E-state index in [1.54, 1.807) is 24.8 Å². The Morgan fingerprint density at radius 2 is 2.00 bits per heavy atom. The Balaban J connectivity index is 1.65. The lowest BCUT2D eigenvalue weighted by atomic mass is 10.1. The number of likely N-dealkylation sites (tertiary alicyclic amines) is 1. The molecular weight excluding hydrogens is 459 g/mol. The van der Waals surface area contributed by atoms with Crippen LogP contribution in [0.1, 0.15) is 24.4 Å². The van der Waals surface area contributed by atoms with Crippen LogP contribution in [-0.2, 0) is 0 Å². The van der Waals surface area contributed by atoms with E-state index in [9.17, 15) is 0 Å². The molecular formula is C19H21IN4OS. The van der Waals surface area contributed by atoms with E-state index in [0.29, 0.717) is 0 Å². The van der Waals surface area contributed by atoms with Crippen LogP contribution in [0.2, 0.25) is 0 Å². The summed E-state index contributed by atoms with van der Waals surface area (Å²) >= 11 is 4.03. The summed E-state index contributed by atoms with van der Waals surface area (Å²) in [6.07, 6.45) is 4.23. The Labute approximate surface area is 170 Å². The standard InChI is InChI=1S/C19H21IN4OS/c1-25-14-6-4-13(5-7-14)16(10-24-8-2-3-9-24)23-18-17-15(20)11-26-19(17)22-12-21-18/h4-7,11-12,16H,2-3,8-10H2,1H3,(H,21,22,23). The van der Waals surface area contributed by atoms with Crippen molar-refractivity contribution in [3.63, 3.8) is 0 Å². The fourth-order valence-electron chi connectivity index (χ4n) is 3.41. The molecule has 3 heterocycles. The van der Waals surface area contributed by atoms with Crippen molar-refractivity contribution >= 4 is 50.0 Å². The summed E-state index contributed by atoms with van der Waals surface area (Å²) in [7, 11) is 1.70. The van der Waals surface area contributed by atoms with Crippen LogP contribution in [0.3, 0.4) is 0 Å². The number of methoxy groups -OCH3 is 1. The fraction of sp³-hybridized carbons (Fsp3) is 0.368. The zero-order valence-corrected chi connectivity index (χ0v) is 17.6. The van der Waals surface area contributed by atoms with Gasteiger partial charge in [-0.1, -0.05) is 12.1 Å². The molecule has 0 bridgehead atoms. The average molecular weight is 480 g/mol. The highest BCUT2D eigenvalue weighted by Gasteiger charge is 2.21. The van der Waals surface area contributed by atoms with Crippen molar-refractivity contribution in [2.75, 3.05) is 32.1 Å². The molecule has 2 aromatic heterocycles. The van der Waals surface area contributed by atoms with Gasteiger partial charge in [0, 0.05) is 15.5 Å². The second kappa shape index (κ2) is 8.06. The number of aromatic nitrogens is 2. The molecule has 26 heavy (non-hydrogen) atoms. The lowest BCUT2D eigenvalue weighted by Crippen LogP contribution is -2.29. The van der Waals surface area contributed by atoms with Gasteiger partial charge in [0.2, 0.25) is 0 Å². The van der Waals surface area contributed by atoms with E-state index in [1.165, 1.54) is 35.1 Å². The van der Waals surface area contributed by atoms with Crippen molar-refractivity contribution in [1.29, 1.82) is 0 Å². The molecule has 7 heteroatoms. The normalized spacial score (nSPS) is 16.1. The zero-order chi connectivity index (χ0) is 17.9. The summed E-state index contributed by atoms with van der Waals surface area (Å²) in [5.74, 6) is 1.80. The summed E-state index contributed by atoms with van der Waals surface area (Å²) in [5.41, 5.74) is 1.25. The Kier molecular flexibility index (Phi) is 5.56. The van der Waals surface area contributed by atoms with E-state index < -0.39 is 0 Å². The first-order chi connectivity index (χ1) is 12.7. The van der Waals surface area contributed by atoms with E-state index in [-0.39, 0.29) is 6.04 Å². The molecule has 1 N–H and O–H groups in total. The van der Waals surface area contributed by atoms with Gasteiger partial charge in [0.15, 0.2) is 0 Å². The smallest absolute Gasteiger partial charge is 0.139 e. The van der Waals surface area contributed by atoms with Crippen LogP contribution in [0, 0.1) is 3.57 Å². The minimum Gasteiger partial charge on any atom is -0.497 e. The van der Waals surface area contributed by atoms with Crippen molar-refractivity contribution in [3.05, 3.63) is 45.1 Å². The molecule has 136 valence electrons. The first-order valence-corrected chi connectivity index (χ1v) is 10.7. The van der Waals surface area contributed by atoms with Crippen LogP contribution in [0.25, 0.3) is 10.2 Å². The molecule has 0 saturated carbocycles. The quantitative estimate of drug-likeness (QED) is 0.525. The first-order valence-electron chi connectivity index (χ1n) is 8.75. The number of hydrogen-bond donors (Lipinski definition) is 1. The topological polar surface area (TPSA) is 50.3 Å². The molecule has 0 amide bonds. The highest BCUT2D eigenvalue weighted by atomic mass is 127. The lowest BCUT2D eigenvalue weighted by Gasteiger charge is -2.25. The summed E-state index contributed by atoms with van der Waals surface area (Å²) in [6.45, 7) is 3.31. The van der Waals surface area contributed by atoms with Crippen molar-refractivity contribution in [2.45, 2.75) is 18.9 Å². The van der Waals surface area contributed by atoms with Gasteiger partial charge in [0.25, 0.3) is 0 Å². The highest BCUT2D eigenvalue weighted by Crippen LogP contribution is 2.32. The number of halogens is 1. The molecule has 0 radical (unpaired) electrons. The molecule has 1 saturated heterocycles. The van der Waals surface area contributed by atoms with Gasteiger partial charge in [0.05, 0.1) is 18.5 Å². The maximum Gasteiger partial charge on any atom is 0.139 e. The lowest BCUT2D eigenvalue weighted by molar-refractivity contribution is 0.323. The first kappa shape index (κ1) is 17.9. The van der Waals surface area contributed by atoms with E-state index in [2.05, 4.69) is 60.3 Å². The number of fused-ring (bicyclic) bond motifs is 1.